The van der Waals surface area contributed by atoms with Crippen molar-refractivity contribution < 1.29 is 76.5 Å². The van der Waals surface area contributed by atoms with Crippen LogP contribution in [0.4, 0.5) is 15.3 Å². The first-order valence-electron chi connectivity index (χ1n) is 37.7. The smallest absolute Gasteiger partial charge is 0.410 e. The summed E-state index contributed by atoms with van der Waals surface area (Å²) in [6, 6.07) is 9.83. The van der Waals surface area contributed by atoms with E-state index in [2.05, 4.69) is 52.4 Å². The number of nitrogens with one attached hydrogen (secondary N) is 8. The number of rotatable bonds is 50. The molecule has 33 heteroatoms. The summed E-state index contributed by atoms with van der Waals surface area (Å²) in [5.41, 5.74) is 7.20. The first kappa shape index (κ1) is 92.9. The number of benzene rings is 2. The molecule has 3 unspecified atom stereocenters. The van der Waals surface area contributed by atoms with E-state index in [1.54, 1.807) is 82.1 Å². The van der Waals surface area contributed by atoms with Crippen LogP contribution in [0.15, 0.2) is 66.2 Å². The Hall–Kier alpha value is -8.44. The van der Waals surface area contributed by atoms with Gasteiger partial charge >= 0.3 is 12.1 Å². The van der Waals surface area contributed by atoms with E-state index >= 15 is 0 Å². The number of carbonyl (C=O) groups excluding carboxylic acids is 11. The summed E-state index contributed by atoms with van der Waals surface area (Å²) in [7, 11) is 9.86. The maximum Gasteiger partial charge on any atom is 0.410 e. The fourth-order valence-corrected chi connectivity index (χ4v) is 13.7. The Balaban J connectivity index is 1.33. The van der Waals surface area contributed by atoms with Crippen molar-refractivity contribution in [2.45, 2.75) is 181 Å². The number of nitrogens with two attached hydrogens (primary N) is 2. The van der Waals surface area contributed by atoms with E-state index in [4.69, 9.17) is 30.6 Å². The van der Waals surface area contributed by atoms with E-state index in [-0.39, 0.29) is 119 Å². The highest BCUT2D eigenvalue weighted by atomic mass is 32.1. The highest BCUT2D eigenvalue weighted by molar-refractivity contribution is 7.09. The van der Waals surface area contributed by atoms with Gasteiger partial charge in [-0.15, -0.1) is 11.3 Å². The second kappa shape index (κ2) is 49.0. The molecular weight excluding hydrogens is 1420 g/mol. The molecule has 109 heavy (non-hydrogen) atoms. The zero-order valence-electron chi connectivity index (χ0n) is 66.6. The van der Waals surface area contributed by atoms with Crippen LogP contribution < -0.4 is 54.2 Å². The Morgan fingerprint density at radius 3 is 1.92 bits per heavy atom. The normalized spacial score (nSPS) is 15.7. The van der Waals surface area contributed by atoms with Crippen LogP contribution in [-0.2, 0) is 80.0 Å². The Morgan fingerprint density at radius 1 is 0.670 bits per heavy atom. The second-order valence-electron chi connectivity index (χ2n) is 29.0. The van der Waals surface area contributed by atoms with Crippen LogP contribution >= 0.6 is 11.3 Å². The van der Waals surface area contributed by atoms with Crippen molar-refractivity contribution in [2.24, 2.45) is 41.2 Å². The molecule has 32 nitrogen and oxygen atoms in total. The summed E-state index contributed by atoms with van der Waals surface area (Å²) in [6.07, 6.45) is 2.43. The van der Waals surface area contributed by atoms with Crippen LogP contribution in [0.5, 0.6) is 0 Å². The van der Waals surface area contributed by atoms with Gasteiger partial charge in [-0.25, -0.2) is 20.5 Å². The van der Waals surface area contributed by atoms with E-state index < -0.39 is 102 Å². The lowest BCUT2D eigenvalue weighted by Gasteiger charge is -2.41. The molecule has 0 aliphatic carbocycles. The van der Waals surface area contributed by atoms with Crippen molar-refractivity contribution in [1.29, 1.82) is 0 Å². The topological polar surface area (TPSA) is 411 Å². The number of urea groups is 1. The molecule has 1 fully saturated rings. The van der Waals surface area contributed by atoms with E-state index in [1.807, 2.05) is 94.2 Å². The van der Waals surface area contributed by atoms with Crippen LogP contribution in [0.1, 0.15) is 136 Å². The minimum absolute atomic E-state index is 0.0584. The van der Waals surface area contributed by atoms with Gasteiger partial charge in [-0.05, 0) is 93.1 Å². The number of likely N-dealkylation sites (tertiary alicyclic amines) is 1. The predicted molar refractivity (Wildman–Crippen MR) is 414 cm³/mol. The van der Waals surface area contributed by atoms with Crippen LogP contribution in [0.25, 0.3) is 0 Å². The van der Waals surface area contributed by atoms with E-state index in [0.717, 1.165) is 10.6 Å². The first-order valence-corrected chi connectivity index (χ1v) is 38.6. The van der Waals surface area contributed by atoms with E-state index in [9.17, 15) is 52.7 Å². The number of amides is 12. The molecule has 2 heterocycles. The number of thiazole rings is 1. The zero-order chi connectivity index (χ0) is 80.9. The summed E-state index contributed by atoms with van der Waals surface area (Å²) in [6.45, 7) is 19.6. The average Bonchev–Trinajstić information content (AvgIpc) is 1.77. The minimum atomic E-state index is -1.12. The lowest BCUT2D eigenvalue weighted by Crippen LogP contribution is -2.60. The summed E-state index contributed by atoms with van der Waals surface area (Å²) in [5.74, 6) is -0.785. The van der Waals surface area contributed by atoms with Gasteiger partial charge in [0.2, 0.25) is 53.2 Å². The number of methoxy groups -OCH3 is 2. The number of carbonyl (C=O) groups is 11. The molecule has 0 saturated carbocycles. The molecule has 11 atom stereocenters. The number of anilines is 1. The third-order valence-electron chi connectivity index (χ3n) is 19.6. The highest BCUT2D eigenvalue weighted by Gasteiger charge is 2.44. The number of ether oxygens (including phenoxy) is 4. The first-order chi connectivity index (χ1) is 51.8. The molecule has 3 aromatic rings. The molecule has 12 amide bonds. The number of nitrogens with zero attached hydrogens (tertiary/aromatic N) is 6. The summed E-state index contributed by atoms with van der Waals surface area (Å²) in [4.78, 5) is 167. The van der Waals surface area contributed by atoms with Crippen LogP contribution in [0, 0.1) is 29.6 Å². The number of aromatic nitrogens is 1. The maximum atomic E-state index is 14.9. The van der Waals surface area contributed by atoms with Gasteiger partial charge in [0.1, 0.15) is 35.8 Å². The van der Waals surface area contributed by atoms with Crippen LogP contribution in [0.2, 0.25) is 0 Å². The molecule has 1 aliphatic heterocycles. The van der Waals surface area contributed by atoms with Gasteiger partial charge in [0.05, 0.1) is 69.0 Å². The van der Waals surface area contributed by atoms with Crippen molar-refractivity contribution >= 4 is 82.3 Å². The van der Waals surface area contributed by atoms with E-state index in [0.29, 0.717) is 76.3 Å². The molecule has 610 valence electrons. The molecule has 1 aromatic heterocycles. The molecule has 4 rings (SSSR count). The number of likely N-dealkylation sites (N-methyl/N-ethyl adjacent to an activating group) is 4. The van der Waals surface area contributed by atoms with Gasteiger partial charge in [-0.1, -0.05) is 111 Å². The highest BCUT2D eigenvalue weighted by Crippen LogP contribution is 2.31. The maximum absolute atomic E-state index is 14.9. The minimum Gasteiger partial charge on any atom is -0.445 e. The quantitative estimate of drug-likeness (QED) is 0.0284. The van der Waals surface area contributed by atoms with Crippen molar-refractivity contribution in [3.8, 4) is 0 Å². The van der Waals surface area contributed by atoms with Crippen molar-refractivity contribution in [3.05, 3.63) is 82.3 Å². The molecule has 1 saturated heterocycles. The van der Waals surface area contributed by atoms with Crippen LogP contribution in [0.3, 0.4) is 0 Å². The van der Waals surface area contributed by atoms with Gasteiger partial charge in [0, 0.05) is 104 Å². The zero-order valence-corrected chi connectivity index (χ0v) is 67.4. The number of hydrogen-bond donors (Lipinski definition) is 10. The summed E-state index contributed by atoms with van der Waals surface area (Å²) < 4.78 is 23.2. The Bertz CT molecular complexity index is 3300. The van der Waals surface area contributed by atoms with Crippen molar-refractivity contribution in [2.75, 3.05) is 120 Å². The molecule has 1 aliphatic rings. The lowest BCUT2D eigenvalue weighted by atomic mass is 9.89. The van der Waals surface area contributed by atoms with Gasteiger partial charge in [-0.2, -0.15) is 0 Å². The third kappa shape index (κ3) is 31.8. The standard InChI is InChI=1S/C76H124N16O16S/c1-16-51(8)67(59(104-14)45-63(96)92-35-21-25-58(92)68(105-15)52(9)69(97)85-57(73-80-34-43-109-73)44-53-22-18-17-19-23-53)90(12)74(101)65(49(4)5)87-72(100)66(50(6)7)91(13)76(103)107-47-54-26-28-55(29-27-54)83-70(98)56(24-20-32-81-75(77)102)84-71(99)64(48(2)3)86-61(94)31-37-89(11)39-38-88(10)36-30-60(93)82-46-62(95)79-33-40-106-41-42-108-78/h17-19,22-23,26-29,34,43,48-52,56-59,64-68H,16,20-21,24-25,30-33,35-42,44-47,78H2,1-15H3,(H,79,95)(H,82,93)(H,83,98)(H,84,99)(H,85,97)(H,86,94)(H,87,100)(H3,77,81,102)/t51-,52+,56-,57-,58-,59+,64?,65-,66?,67?,68+/m0/s1. The molecule has 0 radical (unpaired) electrons. The molecule has 0 spiro atoms. The third-order valence-corrected chi connectivity index (χ3v) is 20.4. The largest absolute Gasteiger partial charge is 0.445 e. The van der Waals surface area contributed by atoms with Gasteiger partial charge in [-0.3, -0.25) is 48.1 Å². The summed E-state index contributed by atoms with van der Waals surface area (Å²) in [5, 5.41) is 25.0. The average molecular weight is 1550 g/mol. The fraction of sp³-hybridized carbons (Fsp3) is 0.658. The lowest BCUT2D eigenvalue weighted by molar-refractivity contribution is -0.148. The fourth-order valence-electron chi connectivity index (χ4n) is 13.0. The van der Waals surface area contributed by atoms with Gasteiger partial charge in [0.15, 0.2) is 0 Å². The SMILES string of the molecule is CC[C@H](C)C([C@@H](CC(=O)N1CCC[C@H]1[C@H](OC)[C@@H](C)C(=O)N[C@@H](Cc1ccccc1)c1nccs1)OC)N(C)C(=O)[C@@H](NC(=O)C(C(C)C)N(C)C(=O)OCc1ccc(NC(=O)[C@H](CCCNC(N)=O)NC(=O)C(NC(=O)CCN(C)CCN(C)CCC(=O)NCC(=O)NCCOCCON)C(C)C)cc1)C(C)C. The monoisotopic (exact) mass is 1550 g/mol. The predicted octanol–water partition coefficient (Wildman–Crippen LogP) is 3.69. The van der Waals surface area contributed by atoms with Gasteiger partial charge in [0.25, 0.3) is 0 Å². The van der Waals surface area contributed by atoms with Crippen LogP contribution in [-0.4, -0.2) is 258 Å². The van der Waals surface area contributed by atoms with E-state index in [1.165, 1.54) is 30.4 Å². The molecule has 2 aromatic carbocycles. The van der Waals surface area contributed by atoms with Crippen molar-refractivity contribution in [1.82, 2.24) is 66.7 Å². The molecule has 0 bridgehead atoms. The molecule has 12 N–H and O–H groups in total. The second-order valence-corrected chi connectivity index (χ2v) is 29.9. The number of hydrogen-bond acceptors (Lipinski definition) is 21. The molecular formula is C76H124N16O16S. The summed E-state index contributed by atoms with van der Waals surface area (Å²) >= 11 is 1.47. The Kier molecular flexibility index (Phi) is 41.7. The van der Waals surface area contributed by atoms with Gasteiger partial charge < -0.3 is 91.7 Å². The number of primary amides is 1. The van der Waals surface area contributed by atoms with Crippen molar-refractivity contribution in [3.63, 3.8) is 0 Å². The Morgan fingerprint density at radius 2 is 1.33 bits per heavy atom. The Labute approximate surface area is 647 Å².